The second-order valence-electron chi connectivity index (χ2n) is 6.65. The molecule has 1 spiro atoms. The van der Waals surface area contributed by atoms with Gasteiger partial charge in [0, 0.05) is 59.3 Å². The second-order valence-corrected chi connectivity index (χ2v) is 6.65. The Hall–Kier alpha value is -0.810. The summed E-state index contributed by atoms with van der Waals surface area (Å²) in [5.74, 6) is 1.26. The lowest BCUT2D eigenvalue weighted by molar-refractivity contribution is -0.0549. The maximum atomic E-state index is 10.7. The van der Waals surface area contributed by atoms with Crippen LogP contribution in [0.5, 0.6) is 0 Å². The van der Waals surface area contributed by atoms with Crippen LogP contribution in [0.25, 0.3) is 0 Å². The van der Waals surface area contributed by atoms with Crippen molar-refractivity contribution in [1.29, 1.82) is 0 Å². The van der Waals surface area contributed by atoms with E-state index < -0.39 is 0 Å². The number of aliphatic hydroxyl groups is 1. The van der Waals surface area contributed by atoms with Crippen molar-refractivity contribution < 1.29 is 9.84 Å². The summed E-state index contributed by atoms with van der Waals surface area (Å²) >= 11 is 0. The van der Waals surface area contributed by atoms with Crippen LogP contribution in [0.15, 0.2) is 4.99 Å². The van der Waals surface area contributed by atoms with Crippen molar-refractivity contribution in [2.45, 2.75) is 31.8 Å². The Morgan fingerprint density at radius 3 is 2.30 bits per heavy atom. The third-order valence-electron chi connectivity index (χ3n) is 4.84. The Morgan fingerprint density at radius 1 is 1.15 bits per heavy atom. The summed E-state index contributed by atoms with van der Waals surface area (Å²) in [6, 6.07) is 0. The fourth-order valence-corrected chi connectivity index (χ4v) is 3.68. The molecule has 0 aromatic rings. The molecule has 2 aliphatic rings. The van der Waals surface area contributed by atoms with Crippen molar-refractivity contribution in [2.24, 2.45) is 16.3 Å². The normalized spacial score (nSPS) is 28.4. The average Bonchev–Trinajstić information content (AvgIpc) is 2.68. The number of guanidine groups is 1. The van der Waals surface area contributed by atoms with Crippen LogP contribution in [0.4, 0.5) is 0 Å². The van der Waals surface area contributed by atoms with Gasteiger partial charge in [-0.15, -0.1) is 0 Å². The summed E-state index contributed by atoms with van der Waals surface area (Å²) in [6.45, 7) is 2.32. The fourth-order valence-electron chi connectivity index (χ4n) is 3.68. The molecule has 1 saturated carbocycles. The molecule has 2 rings (SSSR count). The minimum atomic E-state index is -0.222. The van der Waals surface area contributed by atoms with Crippen LogP contribution in [-0.2, 0) is 4.74 Å². The standard InChI is InChI=1S/C15H29N3O2/c1-17(2)14(18(3)4)16-11-12-5-6-15(13(12)19)7-9-20-10-8-15/h12-13,19H,5-11H2,1-4H3. The van der Waals surface area contributed by atoms with Gasteiger partial charge < -0.3 is 19.6 Å². The summed E-state index contributed by atoms with van der Waals surface area (Å²) in [4.78, 5) is 8.75. The molecule has 5 nitrogen and oxygen atoms in total. The maximum absolute atomic E-state index is 10.7. The third kappa shape index (κ3) is 3.09. The summed E-state index contributed by atoms with van der Waals surface area (Å²) in [5, 5.41) is 10.7. The van der Waals surface area contributed by atoms with E-state index in [0.717, 1.165) is 51.4 Å². The van der Waals surface area contributed by atoms with Gasteiger partial charge in [0.15, 0.2) is 5.96 Å². The molecule has 1 heterocycles. The van der Waals surface area contributed by atoms with Gasteiger partial charge in [0.05, 0.1) is 6.10 Å². The Labute approximate surface area is 122 Å². The van der Waals surface area contributed by atoms with Crippen molar-refractivity contribution in [2.75, 3.05) is 47.9 Å². The molecule has 2 atom stereocenters. The molecule has 5 heteroatoms. The first-order valence-electron chi connectivity index (χ1n) is 7.61. The number of hydrogen-bond acceptors (Lipinski definition) is 3. The minimum absolute atomic E-state index is 0.106. The van der Waals surface area contributed by atoms with Gasteiger partial charge in [0.25, 0.3) is 0 Å². The van der Waals surface area contributed by atoms with Crippen molar-refractivity contribution in [3.05, 3.63) is 0 Å². The molecular formula is C15H29N3O2. The van der Waals surface area contributed by atoms with E-state index in [1.807, 2.05) is 38.0 Å². The maximum Gasteiger partial charge on any atom is 0.195 e. The van der Waals surface area contributed by atoms with E-state index in [0.29, 0.717) is 5.92 Å². The monoisotopic (exact) mass is 283 g/mol. The zero-order valence-corrected chi connectivity index (χ0v) is 13.3. The van der Waals surface area contributed by atoms with Crippen LogP contribution in [0.2, 0.25) is 0 Å². The smallest absolute Gasteiger partial charge is 0.195 e. The highest BCUT2D eigenvalue weighted by Crippen LogP contribution is 2.48. The molecule has 0 amide bonds. The molecule has 2 fully saturated rings. The second kappa shape index (κ2) is 6.31. The summed E-state index contributed by atoms with van der Waals surface area (Å²) in [6.07, 6.45) is 3.99. The first-order chi connectivity index (χ1) is 9.46. The van der Waals surface area contributed by atoms with Crippen LogP contribution >= 0.6 is 0 Å². The van der Waals surface area contributed by atoms with Gasteiger partial charge in [-0.05, 0) is 25.7 Å². The quantitative estimate of drug-likeness (QED) is 0.607. The largest absolute Gasteiger partial charge is 0.392 e. The molecule has 0 aromatic heterocycles. The summed E-state index contributed by atoms with van der Waals surface area (Å²) in [5.41, 5.74) is 0.106. The first-order valence-corrected chi connectivity index (χ1v) is 7.61. The number of rotatable bonds is 2. The van der Waals surface area contributed by atoms with Crippen LogP contribution < -0.4 is 0 Å². The van der Waals surface area contributed by atoms with Gasteiger partial charge in [-0.2, -0.15) is 0 Å². The SMILES string of the molecule is CN(C)C(=NCC1CCC2(CCOCC2)C1O)N(C)C. The highest BCUT2D eigenvalue weighted by atomic mass is 16.5. The summed E-state index contributed by atoms with van der Waals surface area (Å²) in [7, 11) is 8.02. The lowest BCUT2D eigenvalue weighted by Gasteiger charge is -2.37. The molecule has 0 aromatic carbocycles. The summed E-state index contributed by atoms with van der Waals surface area (Å²) < 4.78 is 5.45. The van der Waals surface area contributed by atoms with E-state index >= 15 is 0 Å². The first kappa shape index (κ1) is 15.6. The number of aliphatic hydroxyl groups excluding tert-OH is 1. The molecule has 1 saturated heterocycles. The van der Waals surface area contributed by atoms with Crippen molar-refractivity contribution in [3.8, 4) is 0 Å². The van der Waals surface area contributed by atoms with Crippen molar-refractivity contribution in [3.63, 3.8) is 0 Å². The van der Waals surface area contributed by atoms with Gasteiger partial charge in [0.2, 0.25) is 0 Å². The topological polar surface area (TPSA) is 48.3 Å². The third-order valence-corrected chi connectivity index (χ3v) is 4.84. The van der Waals surface area contributed by atoms with E-state index in [-0.39, 0.29) is 11.5 Å². The van der Waals surface area contributed by atoms with Gasteiger partial charge in [-0.3, -0.25) is 4.99 Å². The van der Waals surface area contributed by atoms with Crippen LogP contribution in [0.1, 0.15) is 25.7 Å². The highest BCUT2D eigenvalue weighted by molar-refractivity contribution is 5.79. The highest BCUT2D eigenvalue weighted by Gasteiger charge is 2.47. The van der Waals surface area contributed by atoms with E-state index in [2.05, 4.69) is 0 Å². The van der Waals surface area contributed by atoms with Crippen LogP contribution in [0, 0.1) is 11.3 Å². The molecule has 2 unspecified atom stereocenters. The van der Waals surface area contributed by atoms with Gasteiger partial charge >= 0.3 is 0 Å². The Balaban J connectivity index is 1.99. The number of aliphatic imine (C=N–C) groups is 1. The van der Waals surface area contributed by atoms with E-state index in [9.17, 15) is 5.11 Å². The van der Waals surface area contributed by atoms with E-state index in [1.54, 1.807) is 0 Å². The molecule has 1 N–H and O–H groups in total. The zero-order valence-electron chi connectivity index (χ0n) is 13.3. The van der Waals surface area contributed by atoms with Crippen LogP contribution in [0.3, 0.4) is 0 Å². The predicted molar refractivity (Wildman–Crippen MR) is 80.9 cm³/mol. The van der Waals surface area contributed by atoms with Crippen molar-refractivity contribution >= 4 is 5.96 Å². The minimum Gasteiger partial charge on any atom is -0.392 e. The molecule has 0 bridgehead atoms. The average molecular weight is 283 g/mol. The Morgan fingerprint density at radius 2 is 1.75 bits per heavy atom. The van der Waals surface area contributed by atoms with Gasteiger partial charge in [-0.25, -0.2) is 0 Å². The lowest BCUT2D eigenvalue weighted by atomic mass is 9.76. The molecule has 0 radical (unpaired) electrons. The Bertz CT molecular complexity index is 339. The zero-order chi connectivity index (χ0) is 14.8. The fraction of sp³-hybridized carbons (Fsp3) is 0.933. The molecule has 1 aliphatic carbocycles. The van der Waals surface area contributed by atoms with Crippen molar-refractivity contribution in [1.82, 2.24) is 9.80 Å². The van der Waals surface area contributed by atoms with Gasteiger partial charge in [0.1, 0.15) is 0 Å². The lowest BCUT2D eigenvalue weighted by Crippen LogP contribution is -2.40. The molecule has 20 heavy (non-hydrogen) atoms. The molecular weight excluding hydrogens is 254 g/mol. The number of nitrogens with zero attached hydrogens (tertiary/aromatic N) is 3. The number of ether oxygens (including phenoxy) is 1. The molecule has 1 aliphatic heterocycles. The molecule has 116 valence electrons. The number of hydrogen-bond donors (Lipinski definition) is 1. The van der Waals surface area contributed by atoms with E-state index in [1.165, 1.54) is 0 Å². The van der Waals surface area contributed by atoms with Gasteiger partial charge in [-0.1, -0.05) is 0 Å². The predicted octanol–water partition coefficient (Wildman–Crippen LogP) is 1.03. The Kier molecular flexibility index (Phi) is 4.91. The van der Waals surface area contributed by atoms with E-state index in [4.69, 9.17) is 9.73 Å². The van der Waals surface area contributed by atoms with Crippen LogP contribution in [-0.4, -0.2) is 74.9 Å².